The third kappa shape index (κ3) is 3.20. The van der Waals surface area contributed by atoms with Gasteiger partial charge >= 0.3 is 0 Å². The number of aromatic nitrogens is 2. The Morgan fingerprint density at radius 2 is 1.82 bits per heavy atom. The van der Waals surface area contributed by atoms with Gasteiger partial charge in [0, 0.05) is 0 Å². The molecule has 2 aliphatic carbocycles. The summed E-state index contributed by atoms with van der Waals surface area (Å²) in [5.74, 6) is 2.42. The average Bonchev–Trinajstić information content (AvgIpc) is 3.49. The number of ether oxygens (including phenoxy) is 1. The zero-order valence-corrected chi connectivity index (χ0v) is 16.4. The number of fused-ring (bicyclic) bond motifs is 1. The quantitative estimate of drug-likeness (QED) is 0.663. The fourth-order valence-electron chi connectivity index (χ4n) is 4.97. The van der Waals surface area contributed by atoms with Crippen molar-refractivity contribution in [3.8, 4) is 5.75 Å². The Hall–Kier alpha value is -2.33. The molecule has 4 nitrogen and oxygen atoms in total. The molecule has 0 aliphatic heterocycles. The smallest absolute Gasteiger partial charge is 0.119 e. The van der Waals surface area contributed by atoms with Crippen LogP contribution in [0, 0.1) is 5.92 Å². The molecule has 0 spiro atoms. The fraction of sp³-hybridized carbons (Fsp3) is 0.458. The van der Waals surface area contributed by atoms with E-state index in [1.54, 1.807) is 7.11 Å². The van der Waals surface area contributed by atoms with Gasteiger partial charge in [-0.15, -0.1) is 0 Å². The highest BCUT2D eigenvalue weighted by molar-refractivity contribution is 5.50. The minimum atomic E-state index is -0.417. The third-order valence-corrected chi connectivity index (χ3v) is 6.74. The highest BCUT2D eigenvalue weighted by Crippen LogP contribution is 2.47. The summed E-state index contributed by atoms with van der Waals surface area (Å²) in [4.78, 5) is 4.32. The predicted octanol–water partition coefficient (Wildman–Crippen LogP) is 5.23. The standard InChI is InChI=1S/C24H28N2O2/c1-28-21-4-2-3-19(13-21)16-5-9-18(10-6-16)24(27)23-22(17-7-8-17)12-11-20-14-25-15-26(20)23/h2-4,11-18,24,27H,5-10H2,1H3. The summed E-state index contributed by atoms with van der Waals surface area (Å²) in [6.45, 7) is 0. The first kappa shape index (κ1) is 17.7. The van der Waals surface area contributed by atoms with Crippen molar-refractivity contribution < 1.29 is 9.84 Å². The van der Waals surface area contributed by atoms with Crippen LogP contribution < -0.4 is 4.74 Å². The number of benzene rings is 1. The Balaban J connectivity index is 1.36. The van der Waals surface area contributed by atoms with Crippen LogP contribution in [-0.4, -0.2) is 21.6 Å². The van der Waals surface area contributed by atoms with E-state index in [9.17, 15) is 5.11 Å². The molecular formula is C24H28N2O2. The van der Waals surface area contributed by atoms with Crippen molar-refractivity contribution in [3.63, 3.8) is 0 Å². The van der Waals surface area contributed by atoms with Crippen LogP contribution in [0.4, 0.5) is 0 Å². The lowest BCUT2D eigenvalue weighted by atomic mass is 9.75. The van der Waals surface area contributed by atoms with E-state index in [0.29, 0.717) is 17.8 Å². The van der Waals surface area contributed by atoms with E-state index in [1.165, 1.54) is 24.0 Å². The first-order valence-corrected chi connectivity index (χ1v) is 10.5. The number of rotatable bonds is 5. The maximum absolute atomic E-state index is 11.4. The molecule has 0 bridgehead atoms. The lowest BCUT2D eigenvalue weighted by Crippen LogP contribution is -2.22. The number of hydrogen-bond acceptors (Lipinski definition) is 3. The second-order valence-corrected chi connectivity index (χ2v) is 8.47. The first-order chi connectivity index (χ1) is 13.7. The normalized spacial score (nSPS) is 23.6. The second-order valence-electron chi connectivity index (χ2n) is 8.47. The molecule has 0 saturated heterocycles. The lowest BCUT2D eigenvalue weighted by Gasteiger charge is -2.33. The largest absolute Gasteiger partial charge is 0.497 e. The molecule has 2 fully saturated rings. The summed E-state index contributed by atoms with van der Waals surface area (Å²) in [6, 6.07) is 12.8. The third-order valence-electron chi connectivity index (χ3n) is 6.74. The maximum Gasteiger partial charge on any atom is 0.119 e. The Morgan fingerprint density at radius 1 is 1.04 bits per heavy atom. The van der Waals surface area contributed by atoms with E-state index >= 15 is 0 Å². The summed E-state index contributed by atoms with van der Waals surface area (Å²) >= 11 is 0. The minimum absolute atomic E-state index is 0.312. The number of aliphatic hydroxyl groups excluding tert-OH is 1. The van der Waals surface area contributed by atoms with Crippen LogP contribution in [0.1, 0.15) is 73.3 Å². The molecule has 28 heavy (non-hydrogen) atoms. The number of methoxy groups -OCH3 is 1. The van der Waals surface area contributed by atoms with Gasteiger partial charge in [-0.25, -0.2) is 4.98 Å². The Morgan fingerprint density at radius 3 is 2.57 bits per heavy atom. The first-order valence-electron chi connectivity index (χ1n) is 10.5. The molecule has 1 N–H and O–H groups in total. The van der Waals surface area contributed by atoms with Crippen molar-refractivity contribution in [2.24, 2.45) is 5.92 Å². The zero-order valence-electron chi connectivity index (χ0n) is 16.4. The van der Waals surface area contributed by atoms with Gasteiger partial charge in [0.2, 0.25) is 0 Å². The van der Waals surface area contributed by atoms with E-state index in [-0.39, 0.29) is 0 Å². The number of hydrogen-bond donors (Lipinski definition) is 1. The number of pyridine rings is 1. The molecule has 146 valence electrons. The van der Waals surface area contributed by atoms with Crippen molar-refractivity contribution in [2.75, 3.05) is 7.11 Å². The Labute approximate surface area is 166 Å². The second kappa shape index (κ2) is 7.25. The molecule has 2 aliphatic rings. The number of imidazole rings is 1. The summed E-state index contributed by atoms with van der Waals surface area (Å²) in [5.41, 5.74) is 4.85. The Kier molecular flexibility index (Phi) is 4.59. The lowest BCUT2D eigenvalue weighted by molar-refractivity contribution is 0.0754. The van der Waals surface area contributed by atoms with Gasteiger partial charge < -0.3 is 14.2 Å². The highest BCUT2D eigenvalue weighted by atomic mass is 16.5. The van der Waals surface area contributed by atoms with Crippen molar-refractivity contribution in [2.45, 2.75) is 56.5 Å². The topological polar surface area (TPSA) is 46.8 Å². The van der Waals surface area contributed by atoms with E-state index in [4.69, 9.17) is 4.74 Å². The SMILES string of the molecule is COc1cccc(C2CCC(C(O)c3c(C4CC4)ccc4cncn34)CC2)c1. The van der Waals surface area contributed by atoms with Crippen LogP contribution in [0.25, 0.3) is 5.52 Å². The highest BCUT2D eigenvalue weighted by Gasteiger charge is 2.34. The molecule has 1 unspecified atom stereocenters. The van der Waals surface area contributed by atoms with Crippen molar-refractivity contribution >= 4 is 5.52 Å². The molecule has 3 aromatic rings. The van der Waals surface area contributed by atoms with Gasteiger partial charge in [0.15, 0.2) is 0 Å². The molecular weight excluding hydrogens is 348 g/mol. The molecule has 4 heteroatoms. The van der Waals surface area contributed by atoms with Crippen LogP contribution in [0.15, 0.2) is 48.9 Å². The zero-order chi connectivity index (χ0) is 19.1. The summed E-state index contributed by atoms with van der Waals surface area (Å²) in [7, 11) is 1.72. The summed E-state index contributed by atoms with van der Waals surface area (Å²) in [5, 5.41) is 11.4. The number of aliphatic hydroxyl groups is 1. The van der Waals surface area contributed by atoms with Gasteiger partial charge in [-0.05, 0) is 85.6 Å². The van der Waals surface area contributed by atoms with Gasteiger partial charge in [-0.3, -0.25) is 0 Å². The molecule has 2 saturated carbocycles. The maximum atomic E-state index is 11.4. The van der Waals surface area contributed by atoms with E-state index < -0.39 is 6.10 Å². The Bertz CT molecular complexity index is 968. The van der Waals surface area contributed by atoms with Crippen molar-refractivity contribution in [1.82, 2.24) is 9.38 Å². The van der Waals surface area contributed by atoms with Gasteiger partial charge in [0.25, 0.3) is 0 Å². The molecule has 2 aromatic heterocycles. The molecule has 1 aromatic carbocycles. The van der Waals surface area contributed by atoms with Gasteiger partial charge in [-0.2, -0.15) is 0 Å². The van der Waals surface area contributed by atoms with E-state index in [1.807, 2.05) is 18.6 Å². The van der Waals surface area contributed by atoms with Crippen LogP contribution >= 0.6 is 0 Å². The van der Waals surface area contributed by atoms with Crippen LogP contribution in [0.3, 0.4) is 0 Å². The average molecular weight is 377 g/mol. The number of nitrogens with zero attached hydrogens (tertiary/aromatic N) is 2. The predicted molar refractivity (Wildman–Crippen MR) is 110 cm³/mol. The van der Waals surface area contributed by atoms with Gasteiger partial charge in [-0.1, -0.05) is 18.2 Å². The van der Waals surface area contributed by atoms with Crippen LogP contribution in [0.2, 0.25) is 0 Å². The molecule has 5 rings (SSSR count). The molecule has 0 radical (unpaired) electrons. The monoisotopic (exact) mass is 376 g/mol. The minimum Gasteiger partial charge on any atom is -0.497 e. The van der Waals surface area contributed by atoms with Gasteiger partial charge in [0.05, 0.1) is 36.9 Å². The van der Waals surface area contributed by atoms with E-state index in [2.05, 4.69) is 39.7 Å². The van der Waals surface area contributed by atoms with E-state index in [0.717, 1.165) is 42.6 Å². The molecule has 2 heterocycles. The fourth-order valence-corrected chi connectivity index (χ4v) is 4.97. The van der Waals surface area contributed by atoms with Gasteiger partial charge in [0.1, 0.15) is 5.75 Å². The molecule has 1 atom stereocenters. The molecule has 0 amide bonds. The van der Waals surface area contributed by atoms with Crippen LogP contribution in [0.5, 0.6) is 5.75 Å². The van der Waals surface area contributed by atoms with Crippen molar-refractivity contribution in [3.05, 3.63) is 65.7 Å². The van der Waals surface area contributed by atoms with Crippen LogP contribution in [-0.2, 0) is 0 Å². The summed E-state index contributed by atoms with van der Waals surface area (Å²) in [6.07, 6.45) is 10.1. The summed E-state index contributed by atoms with van der Waals surface area (Å²) < 4.78 is 7.51. The van der Waals surface area contributed by atoms with Crippen molar-refractivity contribution in [1.29, 1.82) is 0 Å².